The molecule has 1 atom stereocenters. The molecule has 0 unspecified atom stereocenters. The van der Waals surface area contributed by atoms with Crippen LogP contribution < -0.4 is 16.0 Å². The summed E-state index contributed by atoms with van der Waals surface area (Å²) in [6.45, 7) is 9.54. The number of rotatable bonds is 5. The highest BCUT2D eigenvalue weighted by Gasteiger charge is 2.26. The van der Waals surface area contributed by atoms with E-state index in [-0.39, 0.29) is 17.8 Å². The first-order valence-corrected chi connectivity index (χ1v) is 11.5. The summed E-state index contributed by atoms with van der Waals surface area (Å²) in [5, 5.41) is 7.32. The minimum atomic E-state index is -1.83. The lowest BCUT2D eigenvalue weighted by Crippen LogP contribution is -2.52. The van der Waals surface area contributed by atoms with Crippen LogP contribution in [0.4, 0.5) is 32.8 Å². The van der Waals surface area contributed by atoms with Gasteiger partial charge in [-0.05, 0) is 65.8 Å². The number of hydrogen-bond donors (Lipinski definition) is 3. The maximum atomic E-state index is 13.7. The largest absolute Gasteiger partial charge is 0.444 e. The molecule has 2 aromatic rings. The van der Waals surface area contributed by atoms with Crippen LogP contribution in [0.3, 0.4) is 0 Å². The van der Waals surface area contributed by atoms with Gasteiger partial charge in [0.05, 0.1) is 6.54 Å². The van der Waals surface area contributed by atoms with Crippen LogP contribution in [0.1, 0.15) is 52.7 Å². The van der Waals surface area contributed by atoms with E-state index in [4.69, 9.17) is 9.47 Å². The zero-order valence-electron chi connectivity index (χ0n) is 22.1. The second kappa shape index (κ2) is 12.5. The second-order valence-electron chi connectivity index (χ2n) is 10.1. The van der Waals surface area contributed by atoms with Gasteiger partial charge in [-0.3, -0.25) is 4.79 Å². The van der Waals surface area contributed by atoms with Crippen molar-refractivity contribution in [2.45, 2.75) is 58.8 Å². The molecule has 210 valence electrons. The molecule has 9 nitrogen and oxygen atoms in total. The molecule has 0 aliphatic rings. The number of nitrogens with one attached hydrogen (secondary N) is 3. The summed E-state index contributed by atoms with van der Waals surface area (Å²) in [7, 11) is 0. The van der Waals surface area contributed by atoms with Crippen LogP contribution in [0.25, 0.3) is 0 Å². The van der Waals surface area contributed by atoms with Crippen LogP contribution in [0.2, 0.25) is 0 Å². The van der Waals surface area contributed by atoms with Gasteiger partial charge in [-0.2, -0.15) is 13.8 Å². The molecular formula is C26H28F4N4O5. The Kier molecular flexibility index (Phi) is 9.87. The molecule has 0 saturated heterocycles. The van der Waals surface area contributed by atoms with E-state index >= 15 is 0 Å². The number of carbonyl (C=O) groups excluding carboxylic acids is 3. The van der Waals surface area contributed by atoms with Gasteiger partial charge in [-0.1, -0.05) is 11.8 Å². The topological polar surface area (TPSA) is 119 Å². The lowest BCUT2D eigenvalue weighted by molar-refractivity contribution is -0.118. The fourth-order valence-electron chi connectivity index (χ4n) is 2.76. The molecule has 1 heterocycles. The van der Waals surface area contributed by atoms with E-state index in [0.29, 0.717) is 0 Å². The molecule has 0 radical (unpaired) electrons. The summed E-state index contributed by atoms with van der Waals surface area (Å²) >= 11 is 0. The Balaban J connectivity index is 2.16. The maximum Gasteiger partial charge on any atom is 0.408 e. The number of pyridine rings is 1. The highest BCUT2D eigenvalue weighted by atomic mass is 19.2. The number of alkyl carbamates (subject to hydrolysis) is 2. The van der Waals surface area contributed by atoms with Crippen molar-refractivity contribution in [1.29, 1.82) is 0 Å². The van der Waals surface area contributed by atoms with E-state index in [1.165, 1.54) is 24.3 Å². The van der Waals surface area contributed by atoms with E-state index < -0.39 is 64.4 Å². The van der Waals surface area contributed by atoms with Crippen molar-refractivity contribution >= 4 is 23.8 Å². The van der Waals surface area contributed by atoms with Gasteiger partial charge in [0, 0.05) is 11.3 Å². The molecule has 1 aromatic carbocycles. The average Bonchev–Trinajstić information content (AvgIpc) is 2.79. The molecule has 0 aliphatic heterocycles. The van der Waals surface area contributed by atoms with Crippen molar-refractivity contribution in [3.63, 3.8) is 0 Å². The molecule has 13 heteroatoms. The van der Waals surface area contributed by atoms with Gasteiger partial charge >= 0.3 is 12.2 Å². The van der Waals surface area contributed by atoms with E-state index in [0.717, 1.165) is 0 Å². The minimum Gasteiger partial charge on any atom is -0.444 e. The number of hydrogen-bond acceptors (Lipinski definition) is 6. The maximum absolute atomic E-state index is 13.7. The quantitative estimate of drug-likeness (QED) is 0.288. The monoisotopic (exact) mass is 552 g/mol. The van der Waals surface area contributed by atoms with Crippen LogP contribution in [0, 0.1) is 35.4 Å². The minimum absolute atomic E-state index is 0.194. The summed E-state index contributed by atoms with van der Waals surface area (Å²) in [6, 6.07) is 4.22. The third kappa shape index (κ3) is 10.1. The normalized spacial score (nSPS) is 11.9. The molecule has 0 aliphatic carbocycles. The standard InChI is InChI=1S/C26H28F4N4O5/c1-25(2,3)38-23(36)31-13-17(33-24(37)39-26(4,5)6)22(35)32-15-10-7-14(8-11-15)9-12-16-18(27)20(29)34-21(30)19(16)28/h7-8,10-11,17H,13H2,1-6H3,(H,31,36)(H,32,35)(H,33,37)/t17-/m0/s1. The van der Waals surface area contributed by atoms with Crippen molar-refractivity contribution in [3.05, 3.63) is 58.9 Å². The fourth-order valence-corrected chi connectivity index (χ4v) is 2.76. The Hall–Kier alpha value is -4.34. The summed E-state index contributed by atoms with van der Waals surface area (Å²) in [5.41, 5.74) is -2.33. The van der Waals surface area contributed by atoms with Gasteiger partial charge in [-0.25, -0.2) is 18.4 Å². The highest BCUT2D eigenvalue weighted by molar-refractivity contribution is 5.97. The molecule has 0 fully saturated rings. The zero-order valence-corrected chi connectivity index (χ0v) is 22.1. The van der Waals surface area contributed by atoms with Crippen molar-refractivity contribution in [1.82, 2.24) is 15.6 Å². The Morgan fingerprint density at radius 1 is 0.846 bits per heavy atom. The molecule has 39 heavy (non-hydrogen) atoms. The van der Waals surface area contributed by atoms with E-state index in [1.807, 2.05) is 5.92 Å². The highest BCUT2D eigenvalue weighted by Crippen LogP contribution is 2.16. The molecule has 0 bridgehead atoms. The number of amides is 3. The molecule has 3 amide bonds. The van der Waals surface area contributed by atoms with Gasteiger partial charge < -0.3 is 25.4 Å². The molecule has 3 N–H and O–H groups in total. The second-order valence-corrected chi connectivity index (χ2v) is 10.1. The van der Waals surface area contributed by atoms with Crippen molar-refractivity contribution in [2.75, 3.05) is 11.9 Å². The summed E-state index contributed by atoms with van der Waals surface area (Å²) in [6.07, 6.45) is -1.71. The SMILES string of the molecule is CC(C)(C)OC(=O)NC[C@H](NC(=O)OC(C)(C)C)C(=O)Nc1ccc(C#Cc2c(F)c(F)nc(F)c2F)cc1. The smallest absolute Gasteiger partial charge is 0.408 e. The average molecular weight is 553 g/mol. The first kappa shape index (κ1) is 30.9. The number of ether oxygens (including phenoxy) is 2. The third-order valence-corrected chi connectivity index (χ3v) is 4.34. The number of halogens is 4. The number of nitrogens with zero attached hydrogens (tertiary/aromatic N) is 1. The predicted molar refractivity (Wildman–Crippen MR) is 133 cm³/mol. The lowest BCUT2D eigenvalue weighted by atomic mass is 10.1. The Morgan fingerprint density at radius 3 is 1.87 bits per heavy atom. The number of anilines is 1. The van der Waals surface area contributed by atoms with Gasteiger partial charge in [-0.15, -0.1) is 0 Å². The molecular weight excluding hydrogens is 524 g/mol. The summed E-state index contributed by atoms with van der Waals surface area (Å²) < 4.78 is 64.3. The van der Waals surface area contributed by atoms with Crippen molar-refractivity contribution in [2.24, 2.45) is 0 Å². The van der Waals surface area contributed by atoms with Crippen molar-refractivity contribution < 1.29 is 41.4 Å². The van der Waals surface area contributed by atoms with Crippen molar-refractivity contribution in [3.8, 4) is 11.8 Å². The lowest BCUT2D eigenvalue weighted by Gasteiger charge is -2.24. The Labute approximate surface area is 222 Å². The van der Waals surface area contributed by atoms with Gasteiger partial charge in [0.2, 0.25) is 5.91 Å². The molecule has 0 saturated carbocycles. The summed E-state index contributed by atoms with van der Waals surface area (Å²) in [5.74, 6) is -3.45. The Bertz CT molecular complexity index is 1270. The van der Waals surface area contributed by atoms with E-state index in [2.05, 4.69) is 26.9 Å². The van der Waals surface area contributed by atoms with Crippen LogP contribution in [0.15, 0.2) is 24.3 Å². The van der Waals surface area contributed by atoms with Crippen LogP contribution in [-0.4, -0.2) is 46.9 Å². The number of aromatic nitrogens is 1. The third-order valence-electron chi connectivity index (χ3n) is 4.34. The zero-order chi connectivity index (χ0) is 29.5. The first-order valence-electron chi connectivity index (χ1n) is 11.5. The van der Waals surface area contributed by atoms with Crippen LogP contribution in [-0.2, 0) is 14.3 Å². The van der Waals surface area contributed by atoms with Crippen LogP contribution >= 0.6 is 0 Å². The Morgan fingerprint density at radius 2 is 1.36 bits per heavy atom. The van der Waals surface area contributed by atoms with Gasteiger partial charge in [0.1, 0.15) is 22.8 Å². The number of carbonyl (C=O) groups is 3. The van der Waals surface area contributed by atoms with E-state index in [1.54, 1.807) is 41.5 Å². The predicted octanol–water partition coefficient (Wildman–Crippen LogP) is 4.39. The fraction of sp³-hybridized carbons (Fsp3) is 0.385. The molecule has 0 spiro atoms. The van der Waals surface area contributed by atoms with E-state index in [9.17, 15) is 31.9 Å². The van der Waals surface area contributed by atoms with Gasteiger partial charge in [0.25, 0.3) is 11.9 Å². The summed E-state index contributed by atoms with van der Waals surface area (Å²) in [4.78, 5) is 39.6. The first-order chi connectivity index (χ1) is 17.9. The molecule has 1 aromatic heterocycles. The molecule has 2 rings (SSSR count). The van der Waals surface area contributed by atoms with Gasteiger partial charge in [0.15, 0.2) is 11.6 Å². The van der Waals surface area contributed by atoms with Crippen LogP contribution in [0.5, 0.6) is 0 Å². The number of benzene rings is 1.